The first kappa shape index (κ1) is 13.5. The summed E-state index contributed by atoms with van der Waals surface area (Å²) in [5, 5.41) is 0. The van der Waals surface area contributed by atoms with Crippen molar-refractivity contribution in [3.05, 3.63) is 30.6 Å². The number of hydrogen-bond acceptors (Lipinski definition) is 6. The van der Waals surface area contributed by atoms with Crippen LogP contribution in [0.4, 0.5) is 5.69 Å². The quantitative estimate of drug-likeness (QED) is 0.847. The van der Waals surface area contributed by atoms with Crippen molar-refractivity contribution >= 4 is 17.4 Å². The molecule has 1 aromatic carbocycles. The molecular weight excluding hydrogens is 262 g/mol. The first-order valence-corrected chi connectivity index (χ1v) is 7.02. The molecule has 1 heterocycles. The number of hydrogen-bond donors (Lipinski definition) is 1. The van der Waals surface area contributed by atoms with Gasteiger partial charge in [0.1, 0.15) is 12.1 Å². The van der Waals surface area contributed by atoms with Crippen molar-refractivity contribution < 1.29 is 9.47 Å². The first-order chi connectivity index (χ1) is 9.24. The fraction of sp³-hybridized carbons (Fsp3) is 0.231. The van der Waals surface area contributed by atoms with Crippen molar-refractivity contribution in [3.63, 3.8) is 0 Å². The Bertz CT molecular complexity index is 546. The molecule has 1 aromatic heterocycles. The summed E-state index contributed by atoms with van der Waals surface area (Å²) in [6.07, 6.45) is 3.39. The van der Waals surface area contributed by atoms with Crippen LogP contribution in [-0.2, 0) is 0 Å². The van der Waals surface area contributed by atoms with Gasteiger partial charge in [-0.25, -0.2) is 0 Å². The van der Waals surface area contributed by atoms with Crippen LogP contribution in [0, 0.1) is 0 Å². The molecule has 0 atom stereocenters. The highest BCUT2D eigenvalue weighted by atomic mass is 32.2. The van der Waals surface area contributed by atoms with E-state index >= 15 is 0 Å². The Balaban J connectivity index is 2.20. The van der Waals surface area contributed by atoms with Crippen molar-refractivity contribution in [2.24, 2.45) is 0 Å². The minimum absolute atomic E-state index is 0.301. The number of anilines is 1. The molecule has 0 aliphatic rings. The number of aromatic nitrogens is 2. The van der Waals surface area contributed by atoms with Gasteiger partial charge in [-0.05, 0) is 37.4 Å². The molecule has 0 radical (unpaired) electrons. The highest BCUT2D eigenvalue weighted by Gasteiger charge is 2.10. The van der Waals surface area contributed by atoms with E-state index in [9.17, 15) is 0 Å². The third-order valence-corrected chi connectivity index (χ3v) is 3.11. The smallest absolute Gasteiger partial charge is 0.249 e. The molecule has 0 unspecified atom stereocenters. The molecule has 2 aromatic rings. The maximum absolute atomic E-state index is 5.89. The number of thioether (sulfide) groups is 1. The van der Waals surface area contributed by atoms with Crippen molar-refractivity contribution in [2.45, 2.75) is 11.8 Å². The molecule has 0 saturated heterocycles. The van der Waals surface area contributed by atoms with Crippen molar-refractivity contribution in [3.8, 4) is 17.5 Å². The summed E-state index contributed by atoms with van der Waals surface area (Å²) in [5.74, 6) is 1.31. The van der Waals surface area contributed by atoms with E-state index in [2.05, 4.69) is 9.97 Å². The zero-order valence-electron chi connectivity index (χ0n) is 10.8. The maximum Gasteiger partial charge on any atom is 0.249 e. The maximum atomic E-state index is 5.89. The summed E-state index contributed by atoms with van der Waals surface area (Å²) in [6, 6.07) is 7.68. The molecule has 0 spiro atoms. The molecule has 0 aliphatic carbocycles. The highest BCUT2D eigenvalue weighted by molar-refractivity contribution is 7.98. The summed E-state index contributed by atoms with van der Waals surface area (Å²) in [5.41, 5.74) is 6.20. The fourth-order valence-electron chi connectivity index (χ4n) is 1.45. The predicted octanol–water partition coefficient (Wildman–Crippen LogP) is 2.97. The minimum atomic E-state index is 0.301. The Hall–Kier alpha value is -1.95. The zero-order chi connectivity index (χ0) is 13.7. The third kappa shape index (κ3) is 3.29. The van der Waals surface area contributed by atoms with Crippen LogP contribution >= 0.6 is 11.8 Å². The Labute approximate surface area is 116 Å². The van der Waals surface area contributed by atoms with Gasteiger partial charge in [0, 0.05) is 4.90 Å². The molecule has 0 fully saturated rings. The van der Waals surface area contributed by atoms with Crippen LogP contribution in [0.5, 0.6) is 17.5 Å². The molecule has 2 N–H and O–H groups in total. The van der Waals surface area contributed by atoms with E-state index in [4.69, 9.17) is 15.2 Å². The lowest BCUT2D eigenvalue weighted by atomic mass is 10.3. The van der Waals surface area contributed by atoms with Gasteiger partial charge < -0.3 is 15.2 Å². The Morgan fingerprint density at radius 1 is 1.16 bits per heavy atom. The van der Waals surface area contributed by atoms with Crippen LogP contribution in [0.1, 0.15) is 6.92 Å². The zero-order valence-corrected chi connectivity index (χ0v) is 11.6. The third-order valence-electron chi connectivity index (χ3n) is 2.37. The molecule has 0 bridgehead atoms. The van der Waals surface area contributed by atoms with Crippen molar-refractivity contribution in [1.29, 1.82) is 0 Å². The largest absolute Gasteiger partial charge is 0.476 e. The van der Waals surface area contributed by atoms with Gasteiger partial charge in [-0.15, -0.1) is 11.8 Å². The molecule has 100 valence electrons. The second-order valence-corrected chi connectivity index (χ2v) is 4.49. The van der Waals surface area contributed by atoms with Gasteiger partial charge in [-0.1, -0.05) is 0 Å². The molecular formula is C13H15N3O2S. The van der Waals surface area contributed by atoms with Gasteiger partial charge in [-0.2, -0.15) is 9.97 Å². The standard InChI is InChI=1S/C13H15N3O2S/c1-3-17-12-11(14)13(16-8-15-12)18-9-4-6-10(19-2)7-5-9/h4-8H,3,14H2,1-2H3. The summed E-state index contributed by atoms with van der Waals surface area (Å²) >= 11 is 1.67. The van der Waals surface area contributed by atoms with Crippen molar-refractivity contribution in [2.75, 3.05) is 18.6 Å². The molecule has 0 aliphatic heterocycles. The van der Waals surface area contributed by atoms with E-state index in [0.717, 1.165) is 4.90 Å². The molecule has 6 heteroatoms. The van der Waals surface area contributed by atoms with Gasteiger partial charge in [0.15, 0.2) is 5.69 Å². The summed E-state index contributed by atoms with van der Waals surface area (Å²) in [4.78, 5) is 9.14. The summed E-state index contributed by atoms with van der Waals surface area (Å²) in [7, 11) is 0. The van der Waals surface area contributed by atoms with Gasteiger partial charge >= 0.3 is 0 Å². The number of benzene rings is 1. The summed E-state index contributed by atoms with van der Waals surface area (Å²) < 4.78 is 10.9. The van der Waals surface area contributed by atoms with Crippen LogP contribution in [0.15, 0.2) is 35.5 Å². The van der Waals surface area contributed by atoms with Crippen molar-refractivity contribution in [1.82, 2.24) is 9.97 Å². The van der Waals surface area contributed by atoms with E-state index in [1.165, 1.54) is 6.33 Å². The normalized spacial score (nSPS) is 10.2. The Morgan fingerprint density at radius 3 is 2.47 bits per heavy atom. The number of nitrogens with two attached hydrogens (primary N) is 1. The second kappa shape index (κ2) is 6.29. The monoisotopic (exact) mass is 277 g/mol. The van der Waals surface area contributed by atoms with E-state index in [1.54, 1.807) is 11.8 Å². The lowest BCUT2D eigenvalue weighted by Gasteiger charge is -2.10. The Kier molecular flexibility index (Phi) is 4.46. The van der Waals surface area contributed by atoms with Gasteiger partial charge in [0.2, 0.25) is 11.8 Å². The lowest BCUT2D eigenvalue weighted by molar-refractivity contribution is 0.325. The van der Waals surface area contributed by atoms with Crippen LogP contribution in [0.3, 0.4) is 0 Å². The number of ether oxygens (including phenoxy) is 2. The van der Waals surface area contributed by atoms with Gasteiger partial charge in [0.05, 0.1) is 6.61 Å². The highest BCUT2D eigenvalue weighted by Crippen LogP contribution is 2.31. The van der Waals surface area contributed by atoms with Crippen LogP contribution in [-0.4, -0.2) is 22.8 Å². The number of nitrogens with zero attached hydrogens (tertiary/aromatic N) is 2. The Morgan fingerprint density at radius 2 is 1.84 bits per heavy atom. The first-order valence-electron chi connectivity index (χ1n) is 5.79. The topological polar surface area (TPSA) is 70.3 Å². The lowest BCUT2D eigenvalue weighted by Crippen LogP contribution is -2.02. The summed E-state index contributed by atoms with van der Waals surface area (Å²) in [6.45, 7) is 2.35. The molecule has 5 nitrogen and oxygen atoms in total. The fourth-order valence-corrected chi connectivity index (χ4v) is 1.86. The second-order valence-electron chi connectivity index (χ2n) is 3.61. The van der Waals surface area contributed by atoms with Crippen LogP contribution in [0.25, 0.3) is 0 Å². The molecule has 2 rings (SSSR count). The predicted molar refractivity (Wildman–Crippen MR) is 75.9 cm³/mol. The average molecular weight is 277 g/mol. The van der Waals surface area contributed by atoms with Gasteiger partial charge in [0.25, 0.3) is 0 Å². The average Bonchev–Trinajstić information content (AvgIpc) is 2.44. The minimum Gasteiger partial charge on any atom is -0.476 e. The van der Waals surface area contributed by atoms with Gasteiger partial charge in [-0.3, -0.25) is 0 Å². The van der Waals surface area contributed by atoms with E-state index in [-0.39, 0.29) is 0 Å². The molecule has 0 amide bonds. The van der Waals surface area contributed by atoms with E-state index in [1.807, 2.05) is 37.4 Å². The van der Waals surface area contributed by atoms with Crippen LogP contribution < -0.4 is 15.2 Å². The SMILES string of the molecule is CCOc1ncnc(Oc2ccc(SC)cc2)c1N. The van der Waals surface area contributed by atoms with E-state index in [0.29, 0.717) is 29.8 Å². The number of nitrogen functional groups attached to an aromatic ring is 1. The van der Waals surface area contributed by atoms with E-state index < -0.39 is 0 Å². The molecule has 19 heavy (non-hydrogen) atoms. The van der Waals surface area contributed by atoms with Crippen LogP contribution in [0.2, 0.25) is 0 Å². The number of rotatable bonds is 5. The molecule has 0 saturated carbocycles.